The maximum Gasteiger partial charge on any atom is 0.193 e. The molecule has 0 aromatic heterocycles. The molecule has 0 spiro atoms. The summed E-state index contributed by atoms with van der Waals surface area (Å²) < 4.78 is 15.4. The fraction of sp³-hybridized carbons (Fsp3) is 0.364. The van der Waals surface area contributed by atoms with Crippen molar-refractivity contribution in [1.29, 1.82) is 5.26 Å². The summed E-state index contributed by atoms with van der Waals surface area (Å²) in [5, 5.41) is 12.6. The van der Waals surface area contributed by atoms with Gasteiger partial charge in [0.05, 0.1) is 26.2 Å². The molecule has 0 heterocycles. The van der Waals surface area contributed by atoms with Crippen molar-refractivity contribution in [3.05, 3.63) is 64.1 Å². The largest absolute Gasteiger partial charge is 0.497 e. The van der Waals surface area contributed by atoms with E-state index in [2.05, 4.69) is 11.2 Å². The second kappa shape index (κ2) is 10.9. The fourth-order valence-electron chi connectivity index (χ4n) is 3.06. The molecule has 29 heavy (non-hydrogen) atoms. The quantitative estimate of drug-likeness (QED) is 0.411. The lowest BCUT2D eigenvalue weighted by Gasteiger charge is -2.16. The van der Waals surface area contributed by atoms with Gasteiger partial charge in [0.1, 0.15) is 11.5 Å². The van der Waals surface area contributed by atoms with E-state index in [-0.39, 0.29) is 5.78 Å². The standard InChI is InChI=1S/C22H24N2O5/c1-27-17-9-7-15(8-10-17)22(25)19-12-11-18(28-2)13-20(19)16(14-23)5-4-6-21(24-26)29-3/h7-13,16,21H,4-6H2,1-3H3. The van der Waals surface area contributed by atoms with E-state index in [1.165, 1.54) is 14.2 Å². The van der Waals surface area contributed by atoms with Crippen LogP contribution in [-0.4, -0.2) is 33.3 Å². The minimum absolute atomic E-state index is 0.185. The maximum atomic E-state index is 13.1. The van der Waals surface area contributed by atoms with Crippen LogP contribution in [0.25, 0.3) is 0 Å². The molecule has 2 aromatic rings. The Balaban J connectivity index is 2.31. The van der Waals surface area contributed by atoms with E-state index in [0.29, 0.717) is 47.5 Å². The highest BCUT2D eigenvalue weighted by atomic mass is 16.5. The van der Waals surface area contributed by atoms with Crippen molar-refractivity contribution >= 4 is 5.78 Å². The molecule has 2 unspecified atom stereocenters. The summed E-state index contributed by atoms with van der Waals surface area (Å²) in [6.07, 6.45) is 0.682. The molecule has 0 N–H and O–H groups in total. The van der Waals surface area contributed by atoms with Crippen molar-refractivity contribution in [2.75, 3.05) is 21.3 Å². The van der Waals surface area contributed by atoms with Crippen LogP contribution in [0.3, 0.4) is 0 Å². The molecule has 0 aliphatic heterocycles. The molecule has 0 aliphatic carbocycles. The van der Waals surface area contributed by atoms with Crippen LogP contribution in [0, 0.1) is 16.2 Å². The highest BCUT2D eigenvalue weighted by Crippen LogP contribution is 2.30. The topological polar surface area (TPSA) is 98.0 Å². The van der Waals surface area contributed by atoms with E-state index in [1.807, 2.05) is 0 Å². The van der Waals surface area contributed by atoms with Gasteiger partial charge in [0, 0.05) is 18.2 Å². The van der Waals surface area contributed by atoms with Crippen LogP contribution in [0.5, 0.6) is 11.5 Å². The number of hydrogen-bond acceptors (Lipinski definition) is 7. The van der Waals surface area contributed by atoms with E-state index in [9.17, 15) is 15.0 Å². The summed E-state index contributed by atoms with van der Waals surface area (Å²) in [7, 11) is 4.51. The van der Waals surface area contributed by atoms with E-state index >= 15 is 0 Å². The third-order valence-corrected chi connectivity index (χ3v) is 4.72. The fourth-order valence-corrected chi connectivity index (χ4v) is 3.06. The van der Waals surface area contributed by atoms with Gasteiger partial charge in [-0.25, -0.2) is 0 Å². The third kappa shape index (κ3) is 5.62. The van der Waals surface area contributed by atoms with Gasteiger partial charge in [-0.3, -0.25) is 4.79 Å². The second-order valence-electron chi connectivity index (χ2n) is 6.42. The number of rotatable bonds is 11. The molecule has 0 fully saturated rings. The van der Waals surface area contributed by atoms with Crippen molar-refractivity contribution in [2.45, 2.75) is 31.4 Å². The van der Waals surface area contributed by atoms with Crippen molar-refractivity contribution in [3.63, 3.8) is 0 Å². The average Bonchev–Trinajstić information content (AvgIpc) is 2.78. The Morgan fingerprint density at radius 3 is 2.24 bits per heavy atom. The van der Waals surface area contributed by atoms with Gasteiger partial charge >= 0.3 is 0 Å². The first-order valence-corrected chi connectivity index (χ1v) is 9.19. The normalized spacial score (nSPS) is 12.5. The van der Waals surface area contributed by atoms with Gasteiger partial charge < -0.3 is 14.2 Å². The molecule has 2 rings (SSSR count). The molecule has 0 saturated heterocycles. The molecule has 2 aromatic carbocycles. The van der Waals surface area contributed by atoms with Crippen LogP contribution in [-0.2, 0) is 4.74 Å². The number of nitriles is 1. The zero-order chi connectivity index (χ0) is 21.2. The van der Waals surface area contributed by atoms with Gasteiger partial charge in [-0.15, -0.1) is 4.91 Å². The van der Waals surface area contributed by atoms with E-state index < -0.39 is 12.1 Å². The van der Waals surface area contributed by atoms with Gasteiger partial charge in [-0.1, -0.05) is 0 Å². The number of ketones is 1. The van der Waals surface area contributed by atoms with Gasteiger partial charge in [-0.05, 0) is 72.5 Å². The second-order valence-corrected chi connectivity index (χ2v) is 6.42. The van der Waals surface area contributed by atoms with Crippen LogP contribution >= 0.6 is 0 Å². The lowest BCUT2D eigenvalue weighted by molar-refractivity contribution is 0.0987. The molecule has 0 saturated carbocycles. The van der Waals surface area contributed by atoms with Crippen LogP contribution in [0.15, 0.2) is 47.6 Å². The van der Waals surface area contributed by atoms with E-state index in [1.54, 1.807) is 49.6 Å². The van der Waals surface area contributed by atoms with Gasteiger partial charge in [0.25, 0.3) is 0 Å². The Kier molecular flexibility index (Phi) is 8.31. The highest BCUT2D eigenvalue weighted by molar-refractivity contribution is 6.10. The van der Waals surface area contributed by atoms with Gasteiger partial charge in [0.15, 0.2) is 12.0 Å². The minimum atomic E-state index is -0.736. The van der Waals surface area contributed by atoms with E-state index in [0.717, 1.165) is 0 Å². The van der Waals surface area contributed by atoms with Crippen molar-refractivity contribution in [2.24, 2.45) is 5.18 Å². The van der Waals surface area contributed by atoms with Gasteiger partial charge in [-0.2, -0.15) is 5.26 Å². The number of carbonyl (C=O) groups is 1. The summed E-state index contributed by atoms with van der Waals surface area (Å²) in [6, 6.07) is 14.2. The molecule has 0 amide bonds. The predicted octanol–water partition coefficient (Wildman–Crippen LogP) is 4.45. The molecule has 0 radical (unpaired) electrons. The van der Waals surface area contributed by atoms with Crippen LogP contribution in [0.4, 0.5) is 0 Å². The molecule has 0 aliphatic rings. The Morgan fingerprint density at radius 1 is 1.03 bits per heavy atom. The molecular weight excluding hydrogens is 372 g/mol. The number of nitroso groups, excluding NO2 is 1. The molecule has 7 nitrogen and oxygen atoms in total. The van der Waals surface area contributed by atoms with Gasteiger partial charge in [0.2, 0.25) is 0 Å². The van der Waals surface area contributed by atoms with Crippen molar-refractivity contribution in [3.8, 4) is 17.6 Å². The van der Waals surface area contributed by atoms with Crippen LogP contribution in [0.1, 0.15) is 46.7 Å². The molecule has 0 bridgehead atoms. The zero-order valence-corrected chi connectivity index (χ0v) is 16.8. The number of ether oxygens (including phenoxy) is 3. The third-order valence-electron chi connectivity index (χ3n) is 4.72. The molecule has 152 valence electrons. The lowest BCUT2D eigenvalue weighted by Crippen LogP contribution is -2.10. The molecule has 7 heteroatoms. The number of carbonyl (C=O) groups excluding carboxylic acids is 1. The zero-order valence-electron chi connectivity index (χ0n) is 16.8. The highest BCUT2D eigenvalue weighted by Gasteiger charge is 2.22. The SMILES string of the molecule is COc1ccc(C(=O)c2ccc(OC)cc2C(C#N)CCCC(N=O)OC)cc1. The molecular formula is C22H24N2O5. The Labute approximate surface area is 170 Å². The minimum Gasteiger partial charge on any atom is -0.497 e. The maximum absolute atomic E-state index is 13.1. The number of methoxy groups -OCH3 is 3. The van der Waals surface area contributed by atoms with E-state index in [4.69, 9.17) is 14.2 Å². The monoisotopic (exact) mass is 396 g/mol. The first-order valence-electron chi connectivity index (χ1n) is 9.19. The first-order chi connectivity index (χ1) is 14.1. The number of hydrogen-bond donors (Lipinski definition) is 0. The molecule has 2 atom stereocenters. The summed E-state index contributed by atoms with van der Waals surface area (Å²) in [4.78, 5) is 23.8. The average molecular weight is 396 g/mol. The first kappa shape index (κ1) is 22.1. The summed E-state index contributed by atoms with van der Waals surface area (Å²) in [6.45, 7) is 0. The van der Waals surface area contributed by atoms with Crippen LogP contribution in [0.2, 0.25) is 0 Å². The smallest absolute Gasteiger partial charge is 0.193 e. The Bertz CT molecular complexity index is 874. The number of nitrogens with zero attached hydrogens (tertiary/aromatic N) is 2. The Hall–Kier alpha value is -3.24. The van der Waals surface area contributed by atoms with Crippen molar-refractivity contribution < 1.29 is 19.0 Å². The predicted molar refractivity (Wildman–Crippen MR) is 108 cm³/mol. The van der Waals surface area contributed by atoms with Crippen molar-refractivity contribution in [1.82, 2.24) is 0 Å². The summed E-state index contributed by atoms with van der Waals surface area (Å²) >= 11 is 0. The summed E-state index contributed by atoms with van der Waals surface area (Å²) in [5.41, 5.74) is 1.54. The number of benzene rings is 2. The Morgan fingerprint density at radius 2 is 1.69 bits per heavy atom. The van der Waals surface area contributed by atoms with Crippen LogP contribution < -0.4 is 9.47 Å². The lowest BCUT2D eigenvalue weighted by atomic mass is 9.87. The summed E-state index contributed by atoms with van der Waals surface area (Å²) in [5.74, 6) is 0.500.